The Morgan fingerprint density at radius 2 is 1.75 bits per heavy atom. The largest absolute Gasteiger partial charge is 0.489 e. The third-order valence-corrected chi connectivity index (χ3v) is 3.65. The summed E-state index contributed by atoms with van der Waals surface area (Å²) in [5.41, 5.74) is 10.9. The van der Waals surface area contributed by atoms with Crippen LogP contribution in [0.4, 0.5) is 0 Å². The van der Waals surface area contributed by atoms with Crippen LogP contribution >= 0.6 is 0 Å². The zero-order valence-corrected chi connectivity index (χ0v) is 12.5. The molecular formula is C18H23NO. The summed E-state index contributed by atoms with van der Waals surface area (Å²) >= 11 is 0. The average molecular weight is 269 g/mol. The quantitative estimate of drug-likeness (QED) is 0.878. The molecular weight excluding hydrogens is 246 g/mol. The molecule has 2 aromatic carbocycles. The molecule has 0 heterocycles. The predicted octanol–water partition coefficient (Wildman–Crippen LogP) is 4.29. The van der Waals surface area contributed by atoms with Gasteiger partial charge < -0.3 is 10.5 Å². The molecule has 0 amide bonds. The van der Waals surface area contributed by atoms with Gasteiger partial charge in [0.25, 0.3) is 0 Å². The van der Waals surface area contributed by atoms with Gasteiger partial charge in [0.1, 0.15) is 12.4 Å². The van der Waals surface area contributed by atoms with Crippen LogP contribution in [-0.2, 0) is 6.61 Å². The van der Waals surface area contributed by atoms with Gasteiger partial charge in [-0.1, -0.05) is 42.8 Å². The maximum atomic E-state index is 6.01. The second-order valence-corrected chi connectivity index (χ2v) is 5.30. The molecule has 0 aliphatic rings. The molecule has 0 aliphatic heterocycles. The van der Waals surface area contributed by atoms with Crippen LogP contribution < -0.4 is 10.5 Å². The molecule has 2 rings (SSSR count). The van der Waals surface area contributed by atoms with E-state index < -0.39 is 0 Å². The molecule has 2 N–H and O–H groups in total. The van der Waals surface area contributed by atoms with E-state index in [0.717, 1.165) is 17.7 Å². The molecule has 20 heavy (non-hydrogen) atoms. The van der Waals surface area contributed by atoms with Crippen molar-refractivity contribution >= 4 is 0 Å². The monoisotopic (exact) mass is 269 g/mol. The van der Waals surface area contributed by atoms with Crippen molar-refractivity contribution in [2.75, 3.05) is 0 Å². The first-order valence-electron chi connectivity index (χ1n) is 7.14. The van der Waals surface area contributed by atoms with E-state index >= 15 is 0 Å². The summed E-state index contributed by atoms with van der Waals surface area (Å²) in [5.74, 6) is 0.887. The number of hydrogen-bond acceptors (Lipinski definition) is 2. The summed E-state index contributed by atoms with van der Waals surface area (Å²) in [6.07, 6.45) is 0.947. The summed E-state index contributed by atoms with van der Waals surface area (Å²) in [5, 5.41) is 0. The Kier molecular flexibility index (Phi) is 4.80. The summed E-state index contributed by atoms with van der Waals surface area (Å²) < 4.78 is 5.86. The van der Waals surface area contributed by atoms with Gasteiger partial charge in [-0.05, 0) is 49.1 Å². The number of aryl methyl sites for hydroxylation is 2. The number of rotatable bonds is 5. The van der Waals surface area contributed by atoms with Crippen molar-refractivity contribution in [3.63, 3.8) is 0 Å². The highest BCUT2D eigenvalue weighted by Gasteiger charge is 2.04. The molecule has 0 bridgehead atoms. The zero-order valence-electron chi connectivity index (χ0n) is 12.5. The standard InChI is InChI=1S/C18H23NO/c1-4-18(19)15-7-9-17(10-8-15)20-12-16-11-13(2)5-6-14(16)3/h5-11,18H,4,12,19H2,1-3H3. The van der Waals surface area contributed by atoms with Gasteiger partial charge in [-0.25, -0.2) is 0 Å². The van der Waals surface area contributed by atoms with Crippen LogP contribution in [0, 0.1) is 13.8 Å². The summed E-state index contributed by atoms with van der Waals surface area (Å²) in [6.45, 7) is 6.91. The summed E-state index contributed by atoms with van der Waals surface area (Å²) in [6, 6.07) is 14.6. The van der Waals surface area contributed by atoms with E-state index in [1.807, 2.05) is 24.3 Å². The molecule has 0 saturated heterocycles. The van der Waals surface area contributed by atoms with E-state index in [2.05, 4.69) is 39.0 Å². The van der Waals surface area contributed by atoms with Gasteiger partial charge >= 0.3 is 0 Å². The highest BCUT2D eigenvalue weighted by atomic mass is 16.5. The van der Waals surface area contributed by atoms with Gasteiger partial charge in [-0.2, -0.15) is 0 Å². The van der Waals surface area contributed by atoms with Gasteiger partial charge in [0.2, 0.25) is 0 Å². The maximum Gasteiger partial charge on any atom is 0.119 e. The smallest absolute Gasteiger partial charge is 0.119 e. The molecule has 2 nitrogen and oxygen atoms in total. The molecule has 0 fully saturated rings. The van der Waals surface area contributed by atoms with Gasteiger partial charge in [-0.15, -0.1) is 0 Å². The highest BCUT2D eigenvalue weighted by molar-refractivity contribution is 5.32. The molecule has 0 radical (unpaired) electrons. The topological polar surface area (TPSA) is 35.2 Å². The van der Waals surface area contributed by atoms with Crippen molar-refractivity contribution in [2.24, 2.45) is 5.73 Å². The van der Waals surface area contributed by atoms with Crippen LogP contribution in [0.2, 0.25) is 0 Å². The Bertz CT molecular complexity index is 560. The van der Waals surface area contributed by atoms with Crippen LogP contribution in [0.25, 0.3) is 0 Å². The van der Waals surface area contributed by atoms with Crippen molar-refractivity contribution < 1.29 is 4.74 Å². The third kappa shape index (κ3) is 3.61. The molecule has 1 atom stereocenters. The van der Waals surface area contributed by atoms with Gasteiger partial charge in [0.05, 0.1) is 0 Å². The van der Waals surface area contributed by atoms with Crippen molar-refractivity contribution in [2.45, 2.75) is 39.8 Å². The molecule has 0 aliphatic carbocycles. The lowest BCUT2D eigenvalue weighted by molar-refractivity contribution is 0.305. The van der Waals surface area contributed by atoms with Crippen LogP contribution in [0.1, 0.15) is 41.6 Å². The van der Waals surface area contributed by atoms with Crippen molar-refractivity contribution in [1.82, 2.24) is 0 Å². The van der Waals surface area contributed by atoms with E-state index in [1.165, 1.54) is 16.7 Å². The molecule has 0 saturated carbocycles. The fourth-order valence-corrected chi connectivity index (χ4v) is 2.16. The van der Waals surface area contributed by atoms with Crippen molar-refractivity contribution in [3.05, 3.63) is 64.7 Å². The number of nitrogens with two attached hydrogens (primary N) is 1. The normalized spacial score (nSPS) is 12.2. The fourth-order valence-electron chi connectivity index (χ4n) is 2.16. The molecule has 2 aromatic rings. The first-order valence-corrected chi connectivity index (χ1v) is 7.14. The first-order chi connectivity index (χ1) is 9.60. The van der Waals surface area contributed by atoms with Crippen molar-refractivity contribution in [1.29, 1.82) is 0 Å². The highest BCUT2D eigenvalue weighted by Crippen LogP contribution is 2.20. The lowest BCUT2D eigenvalue weighted by Gasteiger charge is -2.12. The van der Waals surface area contributed by atoms with Crippen LogP contribution in [-0.4, -0.2) is 0 Å². The summed E-state index contributed by atoms with van der Waals surface area (Å²) in [4.78, 5) is 0. The first kappa shape index (κ1) is 14.6. The molecule has 106 valence electrons. The molecule has 0 spiro atoms. The molecule has 1 unspecified atom stereocenters. The number of benzene rings is 2. The Labute approximate surface area is 121 Å². The minimum Gasteiger partial charge on any atom is -0.489 e. The maximum absolute atomic E-state index is 6.01. The van der Waals surface area contributed by atoms with Gasteiger partial charge in [-0.3, -0.25) is 0 Å². The minimum atomic E-state index is 0.114. The fraction of sp³-hybridized carbons (Fsp3) is 0.333. The van der Waals surface area contributed by atoms with E-state index in [1.54, 1.807) is 0 Å². The Morgan fingerprint density at radius 1 is 1.05 bits per heavy atom. The second kappa shape index (κ2) is 6.58. The zero-order chi connectivity index (χ0) is 14.5. The van der Waals surface area contributed by atoms with Gasteiger partial charge in [0.15, 0.2) is 0 Å². The predicted molar refractivity (Wildman–Crippen MR) is 83.9 cm³/mol. The third-order valence-electron chi connectivity index (χ3n) is 3.65. The van der Waals surface area contributed by atoms with Gasteiger partial charge in [0, 0.05) is 6.04 Å². The van der Waals surface area contributed by atoms with E-state index in [-0.39, 0.29) is 6.04 Å². The Hall–Kier alpha value is -1.80. The van der Waals surface area contributed by atoms with Crippen LogP contribution in [0.5, 0.6) is 5.75 Å². The number of hydrogen-bond donors (Lipinski definition) is 1. The molecule has 0 aromatic heterocycles. The van der Waals surface area contributed by atoms with E-state index in [4.69, 9.17) is 10.5 Å². The van der Waals surface area contributed by atoms with Crippen LogP contribution in [0.3, 0.4) is 0 Å². The van der Waals surface area contributed by atoms with E-state index in [9.17, 15) is 0 Å². The van der Waals surface area contributed by atoms with Crippen LogP contribution in [0.15, 0.2) is 42.5 Å². The summed E-state index contributed by atoms with van der Waals surface area (Å²) in [7, 11) is 0. The Balaban J connectivity index is 2.02. The SMILES string of the molecule is CCC(N)c1ccc(OCc2cc(C)ccc2C)cc1. The number of ether oxygens (including phenoxy) is 1. The Morgan fingerprint density at radius 3 is 2.40 bits per heavy atom. The lowest BCUT2D eigenvalue weighted by atomic mass is 10.1. The van der Waals surface area contributed by atoms with E-state index in [0.29, 0.717) is 6.61 Å². The van der Waals surface area contributed by atoms with Crippen molar-refractivity contribution in [3.8, 4) is 5.75 Å². The average Bonchev–Trinajstić information content (AvgIpc) is 2.48. The molecule has 2 heteroatoms. The lowest BCUT2D eigenvalue weighted by Crippen LogP contribution is -2.08. The second-order valence-electron chi connectivity index (χ2n) is 5.30. The minimum absolute atomic E-state index is 0.114.